The third kappa shape index (κ3) is 6.91. The fourth-order valence-electron chi connectivity index (χ4n) is 3.29. The Balaban J connectivity index is 2.24. The number of carbonyl (C=O) groups excluding carboxylic acids is 2. The molecule has 0 aromatic heterocycles. The Kier molecular flexibility index (Phi) is 9.37. The maximum absolute atomic E-state index is 12.3. The van der Waals surface area contributed by atoms with E-state index in [1.54, 1.807) is 0 Å². The molecule has 1 aliphatic carbocycles. The molecular weight excluding hydrogens is 278 g/mol. The van der Waals surface area contributed by atoms with Crippen molar-refractivity contribution < 1.29 is 14.7 Å². The molecule has 1 rings (SSSR count). The zero-order chi connectivity index (χ0) is 16.4. The van der Waals surface area contributed by atoms with Crippen molar-refractivity contribution in [3.63, 3.8) is 0 Å². The molecule has 1 fully saturated rings. The van der Waals surface area contributed by atoms with Gasteiger partial charge < -0.3 is 10.4 Å². The highest BCUT2D eigenvalue weighted by atomic mass is 16.3. The van der Waals surface area contributed by atoms with E-state index in [0.29, 0.717) is 5.92 Å². The first kappa shape index (κ1) is 19.1. The van der Waals surface area contributed by atoms with Crippen LogP contribution in [0.15, 0.2) is 0 Å². The molecule has 4 heteroatoms. The van der Waals surface area contributed by atoms with Gasteiger partial charge >= 0.3 is 0 Å². The van der Waals surface area contributed by atoms with Crippen LogP contribution in [0.4, 0.5) is 0 Å². The van der Waals surface area contributed by atoms with Crippen molar-refractivity contribution in [2.24, 2.45) is 17.8 Å². The van der Waals surface area contributed by atoms with Crippen LogP contribution < -0.4 is 5.32 Å². The molecule has 0 radical (unpaired) electrons. The molecule has 1 amide bonds. The standard InChI is InChI=1S/C18H33NO3/c1-3-16(11-7-8-14(2)17(21)13-20)18(22)19-12-15-9-5-4-6-10-15/h14-16,20H,3-13H2,1-2H3,(H,19,22). The predicted molar refractivity (Wildman–Crippen MR) is 88.5 cm³/mol. The van der Waals surface area contributed by atoms with E-state index in [1.165, 1.54) is 32.1 Å². The van der Waals surface area contributed by atoms with E-state index < -0.39 is 0 Å². The molecule has 128 valence electrons. The SMILES string of the molecule is CCC(CCCC(C)C(=O)CO)C(=O)NCC1CCCCC1. The van der Waals surface area contributed by atoms with Crippen LogP contribution >= 0.6 is 0 Å². The number of aliphatic hydroxyl groups is 1. The Hall–Kier alpha value is -0.900. The summed E-state index contributed by atoms with van der Waals surface area (Å²) in [7, 11) is 0. The van der Waals surface area contributed by atoms with Gasteiger partial charge in [0.2, 0.25) is 5.91 Å². The Morgan fingerprint density at radius 3 is 2.45 bits per heavy atom. The Morgan fingerprint density at radius 2 is 1.86 bits per heavy atom. The summed E-state index contributed by atoms with van der Waals surface area (Å²) in [5, 5.41) is 12.0. The van der Waals surface area contributed by atoms with Gasteiger partial charge in [-0.2, -0.15) is 0 Å². The molecule has 4 nitrogen and oxygen atoms in total. The van der Waals surface area contributed by atoms with Gasteiger partial charge in [0.15, 0.2) is 5.78 Å². The maximum atomic E-state index is 12.3. The third-order valence-corrected chi connectivity index (χ3v) is 5.05. The molecule has 2 atom stereocenters. The summed E-state index contributed by atoms with van der Waals surface area (Å²) in [6.45, 7) is 4.35. The van der Waals surface area contributed by atoms with Crippen LogP contribution in [-0.4, -0.2) is 29.9 Å². The van der Waals surface area contributed by atoms with Crippen molar-refractivity contribution in [1.29, 1.82) is 0 Å². The predicted octanol–water partition coefficient (Wildman–Crippen LogP) is 3.08. The van der Waals surface area contributed by atoms with Crippen LogP contribution in [0.1, 0.15) is 71.6 Å². The van der Waals surface area contributed by atoms with Gasteiger partial charge in [0.25, 0.3) is 0 Å². The third-order valence-electron chi connectivity index (χ3n) is 5.05. The van der Waals surface area contributed by atoms with Crippen LogP contribution in [0.5, 0.6) is 0 Å². The van der Waals surface area contributed by atoms with E-state index in [1.807, 2.05) is 13.8 Å². The molecule has 0 aliphatic heterocycles. The maximum Gasteiger partial charge on any atom is 0.223 e. The first-order valence-electron chi connectivity index (χ1n) is 8.99. The van der Waals surface area contributed by atoms with Gasteiger partial charge in [-0.25, -0.2) is 0 Å². The molecule has 0 aromatic rings. The van der Waals surface area contributed by atoms with Crippen LogP contribution in [0.2, 0.25) is 0 Å². The lowest BCUT2D eigenvalue weighted by Crippen LogP contribution is -2.35. The minimum atomic E-state index is -0.375. The molecule has 2 N–H and O–H groups in total. The number of amides is 1. The summed E-state index contributed by atoms with van der Waals surface area (Å²) in [5.74, 6) is 0.689. The molecule has 2 unspecified atom stereocenters. The monoisotopic (exact) mass is 311 g/mol. The fourth-order valence-corrected chi connectivity index (χ4v) is 3.29. The van der Waals surface area contributed by atoms with Gasteiger partial charge in [-0.15, -0.1) is 0 Å². The van der Waals surface area contributed by atoms with Crippen molar-refractivity contribution in [1.82, 2.24) is 5.32 Å². The van der Waals surface area contributed by atoms with Crippen molar-refractivity contribution in [2.45, 2.75) is 71.6 Å². The van der Waals surface area contributed by atoms with Gasteiger partial charge in [-0.3, -0.25) is 9.59 Å². The first-order chi connectivity index (χ1) is 10.6. The molecule has 0 bridgehead atoms. The van der Waals surface area contributed by atoms with Crippen molar-refractivity contribution >= 4 is 11.7 Å². The van der Waals surface area contributed by atoms with E-state index >= 15 is 0 Å². The van der Waals surface area contributed by atoms with Crippen molar-refractivity contribution in [3.05, 3.63) is 0 Å². The second-order valence-electron chi connectivity index (χ2n) is 6.81. The zero-order valence-corrected chi connectivity index (χ0v) is 14.3. The average Bonchev–Trinajstić information content (AvgIpc) is 2.56. The zero-order valence-electron chi connectivity index (χ0n) is 14.3. The van der Waals surface area contributed by atoms with E-state index in [-0.39, 0.29) is 30.1 Å². The molecule has 1 aliphatic rings. The lowest BCUT2D eigenvalue weighted by atomic mass is 9.89. The van der Waals surface area contributed by atoms with Crippen LogP contribution in [0.25, 0.3) is 0 Å². The quantitative estimate of drug-likeness (QED) is 0.651. The number of ketones is 1. The number of nitrogens with one attached hydrogen (secondary N) is 1. The number of hydrogen-bond donors (Lipinski definition) is 2. The smallest absolute Gasteiger partial charge is 0.223 e. The van der Waals surface area contributed by atoms with E-state index in [2.05, 4.69) is 5.32 Å². The number of aliphatic hydroxyl groups excluding tert-OH is 1. The van der Waals surface area contributed by atoms with Crippen LogP contribution in [0, 0.1) is 17.8 Å². The number of hydrogen-bond acceptors (Lipinski definition) is 3. The minimum absolute atomic E-state index is 0.0556. The molecule has 0 saturated heterocycles. The van der Waals surface area contributed by atoms with Crippen molar-refractivity contribution in [2.75, 3.05) is 13.2 Å². The summed E-state index contributed by atoms with van der Waals surface area (Å²) in [6, 6.07) is 0. The van der Waals surface area contributed by atoms with Gasteiger partial charge in [0.05, 0.1) is 0 Å². The van der Waals surface area contributed by atoms with E-state index in [4.69, 9.17) is 5.11 Å². The summed E-state index contributed by atoms with van der Waals surface area (Å²) in [5.41, 5.74) is 0. The van der Waals surface area contributed by atoms with Crippen LogP contribution in [-0.2, 0) is 9.59 Å². The molecule has 0 heterocycles. The first-order valence-corrected chi connectivity index (χ1v) is 8.99. The highest BCUT2D eigenvalue weighted by Gasteiger charge is 2.20. The topological polar surface area (TPSA) is 66.4 Å². The molecule has 0 spiro atoms. The lowest BCUT2D eigenvalue weighted by Gasteiger charge is -2.23. The largest absolute Gasteiger partial charge is 0.389 e. The second-order valence-corrected chi connectivity index (χ2v) is 6.81. The second kappa shape index (κ2) is 10.8. The number of Topliss-reactive ketones (excluding diaryl/α,β-unsaturated/α-hetero) is 1. The Bertz CT molecular complexity index is 337. The van der Waals surface area contributed by atoms with E-state index in [9.17, 15) is 9.59 Å². The van der Waals surface area contributed by atoms with Gasteiger partial charge in [0, 0.05) is 18.4 Å². The number of carbonyl (C=O) groups is 2. The van der Waals surface area contributed by atoms with E-state index in [0.717, 1.165) is 32.2 Å². The summed E-state index contributed by atoms with van der Waals surface area (Å²) in [6.07, 6.45) is 9.73. The minimum Gasteiger partial charge on any atom is -0.389 e. The Labute approximate surface area is 135 Å². The summed E-state index contributed by atoms with van der Waals surface area (Å²) >= 11 is 0. The molecular formula is C18H33NO3. The van der Waals surface area contributed by atoms with Crippen molar-refractivity contribution in [3.8, 4) is 0 Å². The normalized spacial score (nSPS) is 18.7. The lowest BCUT2D eigenvalue weighted by molar-refractivity contribution is -0.125. The number of rotatable bonds is 10. The average molecular weight is 311 g/mol. The summed E-state index contributed by atoms with van der Waals surface area (Å²) < 4.78 is 0. The van der Waals surface area contributed by atoms with Gasteiger partial charge in [0.1, 0.15) is 6.61 Å². The summed E-state index contributed by atoms with van der Waals surface area (Å²) in [4.78, 5) is 23.6. The highest BCUT2D eigenvalue weighted by molar-refractivity contribution is 5.81. The fraction of sp³-hybridized carbons (Fsp3) is 0.889. The molecule has 1 saturated carbocycles. The van der Waals surface area contributed by atoms with Crippen LogP contribution in [0.3, 0.4) is 0 Å². The highest BCUT2D eigenvalue weighted by Crippen LogP contribution is 2.23. The molecule has 0 aromatic carbocycles. The molecule has 22 heavy (non-hydrogen) atoms. The van der Waals surface area contributed by atoms with Gasteiger partial charge in [-0.1, -0.05) is 39.5 Å². The van der Waals surface area contributed by atoms with Gasteiger partial charge in [-0.05, 0) is 38.0 Å². The Morgan fingerprint density at radius 1 is 1.18 bits per heavy atom.